The van der Waals surface area contributed by atoms with Gasteiger partial charge in [0.25, 0.3) is 0 Å². The first-order chi connectivity index (χ1) is 10.8. The van der Waals surface area contributed by atoms with Crippen LogP contribution in [0.1, 0.15) is 79.6 Å². The van der Waals surface area contributed by atoms with E-state index in [0.29, 0.717) is 18.2 Å². The Kier molecular flexibility index (Phi) is 6.14. The predicted octanol–water partition coefficient (Wildman–Crippen LogP) is 2.91. The average molecular weight is 339 g/mol. The van der Waals surface area contributed by atoms with Crippen molar-refractivity contribution in [2.75, 3.05) is 0 Å². The van der Waals surface area contributed by atoms with E-state index in [4.69, 9.17) is 9.26 Å². The summed E-state index contributed by atoms with van der Waals surface area (Å²) in [5, 5.41) is 6.74. The first-order valence-corrected chi connectivity index (χ1v) is 8.17. The standard InChI is InChI=1S/C17H29N3O4/c1-10(2)9-12(18-11(3)21)13-19-14(20-24-13)17(7,8)15(22)23-16(4,5)6/h10,12H,9H2,1-8H3,(H,18,21)/t12-/m0/s1. The van der Waals surface area contributed by atoms with E-state index in [1.807, 2.05) is 13.8 Å². The minimum atomic E-state index is -1.05. The van der Waals surface area contributed by atoms with Crippen LogP contribution in [0.5, 0.6) is 0 Å². The summed E-state index contributed by atoms with van der Waals surface area (Å²) in [7, 11) is 0. The van der Waals surface area contributed by atoms with E-state index >= 15 is 0 Å². The highest BCUT2D eigenvalue weighted by Crippen LogP contribution is 2.27. The lowest BCUT2D eigenvalue weighted by Gasteiger charge is -2.26. The van der Waals surface area contributed by atoms with Crippen molar-refractivity contribution in [2.24, 2.45) is 5.92 Å². The molecule has 0 aliphatic rings. The van der Waals surface area contributed by atoms with Crippen LogP contribution < -0.4 is 5.32 Å². The maximum atomic E-state index is 12.4. The van der Waals surface area contributed by atoms with Gasteiger partial charge in [0.15, 0.2) is 5.82 Å². The Bertz CT molecular complexity index is 585. The zero-order valence-corrected chi connectivity index (χ0v) is 15.9. The van der Waals surface area contributed by atoms with Crippen LogP contribution in [0.25, 0.3) is 0 Å². The Hall–Kier alpha value is -1.92. The minimum Gasteiger partial charge on any atom is -0.459 e. The molecule has 1 aromatic rings. The van der Waals surface area contributed by atoms with Gasteiger partial charge < -0.3 is 14.6 Å². The molecule has 0 aliphatic heterocycles. The van der Waals surface area contributed by atoms with Gasteiger partial charge >= 0.3 is 5.97 Å². The maximum absolute atomic E-state index is 12.4. The summed E-state index contributed by atoms with van der Waals surface area (Å²) in [6, 6.07) is -0.377. The second-order valence-electron chi connectivity index (χ2n) is 7.97. The van der Waals surface area contributed by atoms with Crippen LogP contribution in [-0.2, 0) is 19.7 Å². The van der Waals surface area contributed by atoms with Crippen LogP contribution in [0, 0.1) is 5.92 Å². The molecule has 7 nitrogen and oxygen atoms in total. The maximum Gasteiger partial charge on any atom is 0.319 e. The Labute approximate surface area is 143 Å². The zero-order valence-electron chi connectivity index (χ0n) is 15.9. The van der Waals surface area contributed by atoms with Crippen molar-refractivity contribution >= 4 is 11.9 Å². The van der Waals surface area contributed by atoms with E-state index in [1.165, 1.54) is 6.92 Å². The number of aromatic nitrogens is 2. The lowest BCUT2D eigenvalue weighted by molar-refractivity contribution is -0.161. The van der Waals surface area contributed by atoms with Gasteiger partial charge in [-0.25, -0.2) is 0 Å². The van der Waals surface area contributed by atoms with E-state index in [0.717, 1.165) is 0 Å². The van der Waals surface area contributed by atoms with E-state index in [9.17, 15) is 9.59 Å². The number of carbonyl (C=O) groups is 2. The molecule has 24 heavy (non-hydrogen) atoms. The van der Waals surface area contributed by atoms with Crippen LogP contribution in [0.15, 0.2) is 4.52 Å². The first-order valence-electron chi connectivity index (χ1n) is 8.17. The molecule has 0 aliphatic carbocycles. The number of hydrogen-bond donors (Lipinski definition) is 1. The number of ether oxygens (including phenoxy) is 1. The molecule has 0 saturated heterocycles. The highest BCUT2D eigenvalue weighted by atomic mass is 16.6. The van der Waals surface area contributed by atoms with Gasteiger partial charge in [-0.1, -0.05) is 19.0 Å². The fourth-order valence-corrected chi connectivity index (χ4v) is 2.07. The first kappa shape index (κ1) is 20.1. The third-order valence-corrected chi connectivity index (χ3v) is 3.29. The SMILES string of the molecule is CC(=O)N[C@@H](CC(C)C)c1nc(C(C)(C)C(=O)OC(C)(C)C)no1. The van der Waals surface area contributed by atoms with E-state index in [2.05, 4.69) is 15.5 Å². The summed E-state index contributed by atoms with van der Waals surface area (Å²) in [6.07, 6.45) is 0.661. The molecule has 1 rings (SSSR count). The van der Waals surface area contributed by atoms with Crippen molar-refractivity contribution < 1.29 is 18.8 Å². The highest BCUT2D eigenvalue weighted by Gasteiger charge is 2.39. The second-order valence-corrected chi connectivity index (χ2v) is 7.97. The molecule has 136 valence electrons. The van der Waals surface area contributed by atoms with Crippen LogP contribution in [-0.4, -0.2) is 27.6 Å². The van der Waals surface area contributed by atoms with Gasteiger partial charge in [-0.15, -0.1) is 0 Å². The van der Waals surface area contributed by atoms with Crippen molar-refractivity contribution in [2.45, 2.75) is 78.9 Å². The lowest BCUT2D eigenvalue weighted by Crippen LogP contribution is -2.37. The molecule has 0 unspecified atom stereocenters. The van der Waals surface area contributed by atoms with Gasteiger partial charge in [0, 0.05) is 6.92 Å². The Morgan fingerprint density at radius 3 is 2.25 bits per heavy atom. The molecule has 0 radical (unpaired) electrons. The molecular weight excluding hydrogens is 310 g/mol. The summed E-state index contributed by atoms with van der Waals surface area (Å²) < 4.78 is 10.7. The lowest BCUT2D eigenvalue weighted by atomic mass is 9.92. The summed E-state index contributed by atoms with van der Waals surface area (Å²) in [4.78, 5) is 28.2. The quantitative estimate of drug-likeness (QED) is 0.801. The summed E-state index contributed by atoms with van der Waals surface area (Å²) >= 11 is 0. The number of amides is 1. The van der Waals surface area contributed by atoms with Gasteiger partial charge in [0.2, 0.25) is 11.8 Å². The third kappa shape index (κ3) is 5.62. The fourth-order valence-electron chi connectivity index (χ4n) is 2.07. The fraction of sp³-hybridized carbons (Fsp3) is 0.765. The molecule has 0 aromatic carbocycles. The average Bonchev–Trinajstić information content (AvgIpc) is 2.84. The molecule has 0 saturated carbocycles. The van der Waals surface area contributed by atoms with Crippen molar-refractivity contribution in [3.05, 3.63) is 11.7 Å². The molecule has 0 bridgehead atoms. The number of nitrogens with one attached hydrogen (secondary N) is 1. The van der Waals surface area contributed by atoms with Crippen molar-refractivity contribution in [3.8, 4) is 0 Å². The molecule has 1 atom stereocenters. The molecule has 1 aromatic heterocycles. The Morgan fingerprint density at radius 2 is 1.79 bits per heavy atom. The number of nitrogens with zero attached hydrogens (tertiary/aromatic N) is 2. The van der Waals surface area contributed by atoms with Gasteiger partial charge in [0.1, 0.15) is 17.1 Å². The van der Waals surface area contributed by atoms with Crippen LogP contribution in [0.2, 0.25) is 0 Å². The number of hydrogen-bond acceptors (Lipinski definition) is 6. The van der Waals surface area contributed by atoms with E-state index in [1.54, 1.807) is 34.6 Å². The number of rotatable bonds is 6. The van der Waals surface area contributed by atoms with Crippen molar-refractivity contribution in [1.29, 1.82) is 0 Å². The molecule has 7 heteroatoms. The van der Waals surface area contributed by atoms with E-state index in [-0.39, 0.29) is 17.8 Å². The van der Waals surface area contributed by atoms with Crippen molar-refractivity contribution in [3.63, 3.8) is 0 Å². The number of carbonyl (C=O) groups excluding carboxylic acids is 2. The van der Waals surface area contributed by atoms with Gasteiger partial charge in [0.05, 0.1) is 0 Å². The normalized spacial score (nSPS) is 13.7. The monoisotopic (exact) mass is 339 g/mol. The smallest absolute Gasteiger partial charge is 0.319 e. The predicted molar refractivity (Wildman–Crippen MR) is 89.2 cm³/mol. The summed E-state index contributed by atoms with van der Waals surface area (Å²) in [6.45, 7) is 14.3. The molecule has 0 spiro atoms. The Balaban J connectivity index is 3.03. The third-order valence-electron chi connectivity index (χ3n) is 3.29. The largest absolute Gasteiger partial charge is 0.459 e. The van der Waals surface area contributed by atoms with Crippen LogP contribution >= 0.6 is 0 Å². The van der Waals surface area contributed by atoms with Crippen molar-refractivity contribution in [1.82, 2.24) is 15.5 Å². The molecule has 0 fully saturated rings. The van der Waals surface area contributed by atoms with Gasteiger partial charge in [-0.2, -0.15) is 4.98 Å². The van der Waals surface area contributed by atoms with Crippen LogP contribution in [0.3, 0.4) is 0 Å². The molecule has 1 N–H and O–H groups in total. The van der Waals surface area contributed by atoms with Gasteiger partial charge in [-0.05, 0) is 47.0 Å². The van der Waals surface area contributed by atoms with E-state index < -0.39 is 17.0 Å². The minimum absolute atomic E-state index is 0.174. The molecular formula is C17H29N3O4. The van der Waals surface area contributed by atoms with Gasteiger partial charge in [-0.3, -0.25) is 9.59 Å². The molecule has 1 heterocycles. The van der Waals surface area contributed by atoms with Crippen LogP contribution in [0.4, 0.5) is 0 Å². The summed E-state index contributed by atoms with van der Waals surface area (Å²) in [5.41, 5.74) is -1.65. The summed E-state index contributed by atoms with van der Waals surface area (Å²) in [5.74, 6) is 0.265. The highest BCUT2D eigenvalue weighted by molar-refractivity contribution is 5.81. The Morgan fingerprint density at radius 1 is 1.21 bits per heavy atom. The zero-order chi connectivity index (χ0) is 18.7. The number of esters is 1. The molecule has 1 amide bonds. The second kappa shape index (κ2) is 7.32. The topological polar surface area (TPSA) is 94.3 Å².